The van der Waals surface area contributed by atoms with Crippen LogP contribution in [0.25, 0.3) is 11.0 Å². The van der Waals surface area contributed by atoms with Gasteiger partial charge in [-0.05, 0) is 12.1 Å². The molecule has 0 unspecified atom stereocenters. The molecule has 1 amide bonds. The summed E-state index contributed by atoms with van der Waals surface area (Å²) in [5.41, 5.74) is -1.07. The molecule has 8 nitrogen and oxygen atoms in total. The second kappa shape index (κ2) is 8.76. The zero-order valence-electron chi connectivity index (χ0n) is 18.2. The number of hydrogen-bond acceptors (Lipinski definition) is 7. The van der Waals surface area contributed by atoms with Gasteiger partial charge in [-0.2, -0.15) is 0 Å². The Morgan fingerprint density at radius 3 is 2.45 bits per heavy atom. The standard InChI is InChI=1S/C20H24ClN5O3S2/c1-20(2,3)18-22-15-14(17(28)26(6)19(29)25(15)5)16(23-18)30-10-13(27)24(4)9-11-7-8-12(21)31-11/h7-8H,9-10H2,1-6H3. The highest BCUT2D eigenvalue weighted by Crippen LogP contribution is 2.27. The number of carbonyl (C=O) groups is 1. The first-order valence-electron chi connectivity index (χ1n) is 9.49. The van der Waals surface area contributed by atoms with Crippen molar-refractivity contribution in [3.8, 4) is 0 Å². The molecule has 3 rings (SSSR count). The maximum atomic E-state index is 12.9. The van der Waals surface area contributed by atoms with Crippen molar-refractivity contribution in [3.63, 3.8) is 0 Å². The summed E-state index contributed by atoms with van der Waals surface area (Å²) in [5.74, 6) is 0.483. The van der Waals surface area contributed by atoms with E-state index in [1.807, 2.05) is 26.8 Å². The van der Waals surface area contributed by atoms with Gasteiger partial charge in [-0.25, -0.2) is 14.8 Å². The van der Waals surface area contributed by atoms with Gasteiger partial charge in [-0.3, -0.25) is 18.7 Å². The number of rotatable bonds is 5. The molecule has 166 valence electrons. The molecule has 3 heterocycles. The molecule has 0 radical (unpaired) electrons. The van der Waals surface area contributed by atoms with Crippen LogP contribution in [0.1, 0.15) is 31.5 Å². The van der Waals surface area contributed by atoms with Crippen LogP contribution in [0.2, 0.25) is 4.34 Å². The summed E-state index contributed by atoms with van der Waals surface area (Å²) in [6.07, 6.45) is 0. The van der Waals surface area contributed by atoms with E-state index in [9.17, 15) is 14.4 Å². The number of aromatic nitrogens is 4. The van der Waals surface area contributed by atoms with E-state index in [0.29, 0.717) is 21.7 Å². The Morgan fingerprint density at radius 1 is 1.19 bits per heavy atom. The van der Waals surface area contributed by atoms with Crippen molar-refractivity contribution in [2.24, 2.45) is 14.1 Å². The molecule has 0 saturated carbocycles. The Morgan fingerprint density at radius 2 is 1.87 bits per heavy atom. The summed E-state index contributed by atoms with van der Waals surface area (Å²) in [7, 11) is 4.71. The maximum Gasteiger partial charge on any atom is 0.332 e. The Balaban J connectivity index is 1.97. The number of halogens is 1. The molecule has 0 aromatic carbocycles. The second-order valence-electron chi connectivity index (χ2n) is 8.25. The quantitative estimate of drug-likeness (QED) is 0.411. The highest BCUT2D eigenvalue weighted by Gasteiger charge is 2.24. The molecular formula is C20H24ClN5O3S2. The van der Waals surface area contributed by atoms with Crippen LogP contribution in [0.4, 0.5) is 0 Å². The number of aryl methyl sites for hydroxylation is 1. The normalized spacial score (nSPS) is 11.8. The van der Waals surface area contributed by atoms with Gasteiger partial charge in [-0.15, -0.1) is 11.3 Å². The SMILES string of the molecule is CN(Cc1ccc(Cl)s1)C(=O)CSc1nc(C(C)(C)C)nc2c1c(=O)n(C)c(=O)n2C. The average molecular weight is 482 g/mol. The Labute approximate surface area is 192 Å². The van der Waals surface area contributed by atoms with Gasteiger partial charge in [0, 0.05) is 31.4 Å². The van der Waals surface area contributed by atoms with Crippen LogP contribution < -0.4 is 11.2 Å². The van der Waals surface area contributed by atoms with Crippen molar-refractivity contribution in [1.82, 2.24) is 24.0 Å². The summed E-state index contributed by atoms with van der Waals surface area (Å²) in [4.78, 5) is 49.7. The van der Waals surface area contributed by atoms with E-state index in [1.165, 1.54) is 34.7 Å². The van der Waals surface area contributed by atoms with Gasteiger partial charge in [0.25, 0.3) is 5.56 Å². The number of fused-ring (bicyclic) bond motifs is 1. The van der Waals surface area contributed by atoms with Gasteiger partial charge < -0.3 is 4.90 Å². The summed E-state index contributed by atoms with van der Waals surface area (Å²) >= 11 is 8.57. The monoisotopic (exact) mass is 481 g/mol. The van der Waals surface area contributed by atoms with E-state index >= 15 is 0 Å². The lowest BCUT2D eigenvalue weighted by Crippen LogP contribution is -2.38. The minimum atomic E-state index is -0.477. The van der Waals surface area contributed by atoms with Gasteiger partial charge in [-0.1, -0.05) is 44.1 Å². The van der Waals surface area contributed by atoms with Crippen LogP contribution in [-0.2, 0) is 30.8 Å². The molecule has 3 aromatic heterocycles. The summed E-state index contributed by atoms with van der Waals surface area (Å²) in [5, 5.41) is 0.634. The van der Waals surface area contributed by atoms with Crippen LogP contribution in [0.15, 0.2) is 26.7 Å². The molecule has 0 atom stereocenters. The van der Waals surface area contributed by atoms with Crippen LogP contribution in [0.3, 0.4) is 0 Å². The third kappa shape index (κ3) is 4.86. The largest absolute Gasteiger partial charge is 0.340 e. The second-order valence-corrected chi connectivity index (χ2v) is 11.0. The summed E-state index contributed by atoms with van der Waals surface area (Å²) < 4.78 is 3.04. The minimum absolute atomic E-state index is 0.0945. The Bertz CT molecular complexity index is 1270. The molecule has 0 bridgehead atoms. The molecule has 0 N–H and O–H groups in total. The molecule has 0 saturated heterocycles. The van der Waals surface area contributed by atoms with Crippen molar-refractivity contribution in [1.29, 1.82) is 0 Å². The van der Waals surface area contributed by atoms with Gasteiger partial charge in [0.2, 0.25) is 5.91 Å². The van der Waals surface area contributed by atoms with E-state index in [2.05, 4.69) is 9.97 Å². The molecule has 0 aliphatic heterocycles. The van der Waals surface area contributed by atoms with Crippen molar-refractivity contribution in [3.05, 3.63) is 48.0 Å². The highest BCUT2D eigenvalue weighted by molar-refractivity contribution is 8.00. The fourth-order valence-corrected chi connectivity index (χ4v) is 4.96. The fraction of sp³-hybridized carbons (Fsp3) is 0.450. The molecule has 0 aliphatic carbocycles. The van der Waals surface area contributed by atoms with E-state index < -0.39 is 16.7 Å². The van der Waals surface area contributed by atoms with Crippen molar-refractivity contribution < 1.29 is 4.79 Å². The number of nitrogens with zero attached hydrogens (tertiary/aromatic N) is 5. The van der Waals surface area contributed by atoms with Crippen molar-refractivity contribution in [2.75, 3.05) is 12.8 Å². The Hall–Kier alpha value is -2.17. The molecule has 0 spiro atoms. The molecule has 11 heteroatoms. The van der Waals surface area contributed by atoms with Crippen molar-refractivity contribution >= 4 is 51.6 Å². The van der Waals surface area contributed by atoms with Crippen LogP contribution in [0, 0.1) is 0 Å². The van der Waals surface area contributed by atoms with Gasteiger partial charge in [0.1, 0.15) is 16.2 Å². The van der Waals surface area contributed by atoms with Gasteiger partial charge in [0.15, 0.2) is 5.65 Å². The summed E-state index contributed by atoms with van der Waals surface area (Å²) in [6.45, 7) is 6.30. The average Bonchev–Trinajstić information content (AvgIpc) is 3.11. The Kier molecular flexibility index (Phi) is 6.64. The molecule has 3 aromatic rings. The van der Waals surface area contributed by atoms with E-state index in [4.69, 9.17) is 11.6 Å². The number of hydrogen-bond donors (Lipinski definition) is 0. The van der Waals surface area contributed by atoms with E-state index in [1.54, 1.807) is 25.1 Å². The first-order chi connectivity index (χ1) is 14.4. The number of thiophene rings is 1. The molecular weight excluding hydrogens is 458 g/mol. The third-order valence-corrected chi connectivity index (χ3v) is 6.89. The van der Waals surface area contributed by atoms with Gasteiger partial charge >= 0.3 is 5.69 Å². The number of thioether (sulfide) groups is 1. The molecule has 0 aliphatic rings. The fourth-order valence-electron chi connectivity index (χ4n) is 2.87. The number of amides is 1. The van der Waals surface area contributed by atoms with Gasteiger partial charge in [0.05, 0.1) is 16.6 Å². The van der Waals surface area contributed by atoms with Crippen molar-refractivity contribution in [2.45, 2.75) is 37.8 Å². The zero-order valence-corrected chi connectivity index (χ0v) is 20.6. The minimum Gasteiger partial charge on any atom is -0.340 e. The number of carbonyl (C=O) groups excluding carboxylic acids is 1. The zero-order chi connectivity index (χ0) is 23.1. The van der Waals surface area contributed by atoms with E-state index in [0.717, 1.165) is 9.44 Å². The van der Waals surface area contributed by atoms with Crippen LogP contribution in [0.5, 0.6) is 0 Å². The smallest absolute Gasteiger partial charge is 0.332 e. The van der Waals surface area contributed by atoms with Crippen LogP contribution >= 0.6 is 34.7 Å². The van der Waals surface area contributed by atoms with Crippen LogP contribution in [-0.4, -0.2) is 42.7 Å². The first-order valence-corrected chi connectivity index (χ1v) is 11.7. The first kappa shape index (κ1) is 23.5. The lowest BCUT2D eigenvalue weighted by Gasteiger charge is -2.20. The maximum absolute atomic E-state index is 12.9. The molecule has 0 fully saturated rings. The topological polar surface area (TPSA) is 90.1 Å². The predicted octanol–water partition coefficient (Wildman–Crippen LogP) is 2.79. The summed E-state index contributed by atoms with van der Waals surface area (Å²) in [6, 6.07) is 3.69. The molecule has 31 heavy (non-hydrogen) atoms. The van der Waals surface area contributed by atoms with E-state index in [-0.39, 0.29) is 22.7 Å². The lowest BCUT2D eigenvalue weighted by atomic mass is 9.96. The predicted molar refractivity (Wildman–Crippen MR) is 125 cm³/mol. The lowest BCUT2D eigenvalue weighted by molar-refractivity contribution is -0.127. The third-order valence-electron chi connectivity index (χ3n) is 4.72. The highest BCUT2D eigenvalue weighted by atomic mass is 35.5.